The molecule has 0 unspecified atom stereocenters. The summed E-state index contributed by atoms with van der Waals surface area (Å²) in [6.07, 6.45) is 3.01. The van der Waals surface area contributed by atoms with Gasteiger partial charge in [-0.25, -0.2) is 4.39 Å². The molecule has 0 saturated carbocycles. The lowest BCUT2D eigenvalue weighted by atomic mass is 10.1. The van der Waals surface area contributed by atoms with Crippen molar-refractivity contribution in [2.45, 2.75) is 25.9 Å². The van der Waals surface area contributed by atoms with Crippen molar-refractivity contribution in [3.63, 3.8) is 0 Å². The van der Waals surface area contributed by atoms with E-state index in [0.29, 0.717) is 5.69 Å². The Bertz CT molecular complexity index is 1260. The maximum Gasteiger partial charge on any atom is 0.293 e. The molecule has 10 heteroatoms. The van der Waals surface area contributed by atoms with Gasteiger partial charge in [-0.1, -0.05) is 24.3 Å². The van der Waals surface area contributed by atoms with Crippen LogP contribution in [0.5, 0.6) is 5.75 Å². The van der Waals surface area contributed by atoms with Crippen molar-refractivity contribution in [2.24, 2.45) is 0 Å². The lowest BCUT2D eigenvalue weighted by Gasteiger charge is -2.28. The standard InChI is InChI=1S/C26H25FN4O5/c27-20-11-8-18(9-12-20)17-36-24-7-3-2-6-21(24)26(33)29-28-25(32)19-10-13-22(23(16-19)31(34)35)30-14-4-1-5-15-30/h2-3,6-13,16H,1,4-5,14-15,17H2,(H,28,32)(H,29,33). The van der Waals surface area contributed by atoms with Crippen molar-refractivity contribution in [3.8, 4) is 5.75 Å². The van der Waals surface area contributed by atoms with Crippen LogP contribution in [0, 0.1) is 15.9 Å². The van der Waals surface area contributed by atoms with Gasteiger partial charge in [-0.15, -0.1) is 0 Å². The molecule has 1 saturated heterocycles. The monoisotopic (exact) mass is 492 g/mol. The van der Waals surface area contributed by atoms with Crippen LogP contribution in [0.15, 0.2) is 66.7 Å². The molecule has 1 aliphatic heterocycles. The van der Waals surface area contributed by atoms with Crippen LogP contribution in [0.25, 0.3) is 0 Å². The molecule has 3 aromatic carbocycles. The van der Waals surface area contributed by atoms with Crippen molar-refractivity contribution < 1.29 is 23.6 Å². The number of nitrogens with zero attached hydrogens (tertiary/aromatic N) is 2. The van der Waals surface area contributed by atoms with E-state index in [2.05, 4.69) is 10.9 Å². The topological polar surface area (TPSA) is 114 Å². The molecular weight excluding hydrogens is 467 g/mol. The summed E-state index contributed by atoms with van der Waals surface area (Å²) in [6, 6.07) is 16.5. The Morgan fingerprint density at radius 2 is 1.64 bits per heavy atom. The summed E-state index contributed by atoms with van der Waals surface area (Å²) in [5.74, 6) is -1.41. The van der Waals surface area contributed by atoms with Crippen LogP contribution in [-0.4, -0.2) is 29.8 Å². The summed E-state index contributed by atoms with van der Waals surface area (Å²) in [7, 11) is 0. The summed E-state index contributed by atoms with van der Waals surface area (Å²) in [5.41, 5.74) is 5.88. The average molecular weight is 493 g/mol. The van der Waals surface area contributed by atoms with E-state index in [9.17, 15) is 24.1 Å². The first-order valence-corrected chi connectivity index (χ1v) is 11.5. The van der Waals surface area contributed by atoms with Crippen molar-refractivity contribution in [1.29, 1.82) is 0 Å². The maximum absolute atomic E-state index is 13.1. The number of carbonyl (C=O) groups excluding carboxylic acids is 2. The molecule has 0 radical (unpaired) electrons. The van der Waals surface area contributed by atoms with Crippen molar-refractivity contribution >= 4 is 23.2 Å². The molecule has 1 heterocycles. The van der Waals surface area contributed by atoms with Gasteiger partial charge in [0, 0.05) is 24.7 Å². The lowest BCUT2D eigenvalue weighted by Crippen LogP contribution is -2.41. The minimum atomic E-state index is -0.693. The molecule has 186 valence electrons. The molecule has 2 amide bonds. The Kier molecular flexibility index (Phi) is 7.74. The van der Waals surface area contributed by atoms with Crippen LogP contribution in [0.4, 0.5) is 15.8 Å². The van der Waals surface area contributed by atoms with E-state index in [0.717, 1.165) is 37.9 Å². The number of anilines is 1. The van der Waals surface area contributed by atoms with Gasteiger partial charge in [-0.05, 0) is 61.2 Å². The Morgan fingerprint density at radius 3 is 2.36 bits per heavy atom. The van der Waals surface area contributed by atoms with Gasteiger partial charge in [-0.2, -0.15) is 0 Å². The molecule has 0 atom stereocenters. The number of ether oxygens (including phenoxy) is 1. The zero-order valence-electron chi connectivity index (χ0n) is 19.4. The SMILES string of the molecule is O=C(NNC(=O)c1ccccc1OCc1ccc(F)cc1)c1ccc(N2CCCCC2)c([N+](=O)[O-])c1. The molecule has 0 spiro atoms. The third-order valence-corrected chi connectivity index (χ3v) is 5.86. The van der Waals surface area contributed by atoms with Crippen molar-refractivity contribution in [1.82, 2.24) is 10.9 Å². The molecule has 0 aromatic heterocycles. The molecule has 3 aromatic rings. The number of benzene rings is 3. The smallest absolute Gasteiger partial charge is 0.293 e. The number of hydrogen-bond acceptors (Lipinski definition) is 6. The number of nitro groups is 1. The summed E-state index contributed by atoms with van der Waals surface area (Å²) in [5, 5.41) is 11.7. The molecule has 1 fully saturated rings. The van der Waals surface area contributed by atoms with Gasteiger partial charge in [0.1, 0.15) is 23.9 Å². The molecule has 1 aliphatic rings. The van der Waals surface area contributed by atoms with E-state index in [1.54, 1.807) is 36.4 Å². The Morgan fingerprint density at radius 1 is 0.944 bits per heavy atom. The number of piperidine rings is 1. The van der Waals surface area contributed by atoms with Crippen LogP contribution in [0.2, 0.25) is 0 Å². The highest BCUT2D eigenvalue weighted by Gasteiger charge is 2.23. The molecular formula is C26H25FN4O5. The minimum Gasteiger partial charge on any atom is -0.488 e. The number of hydrogen-bond donors (Lipinski definition) is 2. The first kappa shape index (κ1) is 24.6. The molecule has 2 N–H and O–H groups in total. The van der Waals surface area contributed by atoms with Gasteiger partial charge < -0.3 is 9.64 Å². The van der Waals surface area contributed by atoms with Gasteiger partial charge in [-0.3, -0.25) is 30.6 Å². The number of carbonyl (C=O) groups is 2. The largest absolute Gasteiger partial charge is 0.488 e. The number of nitrogens with one attached hydrogen (secondary N) is 2. The van der Waals surface area contributed by atoms with E-state index >= 15 is 0 Å². The van der Waals surface area contributed by atoms with Crippen molar-refractivity contribution in [2.75, 3.05) is 18.0 Å². The minimum absolute atomic E-state index is 0.0450. The van der Waals surface area contributed by atoms with Gasteiger partial charge in [0.15, 0.2) is 0 Å². The zero-order chi connectivity index (χ0) is 25.5. The average Bonchev–Trinajstić information content (AvgIpc) is 2.91. The van der Waals surface area contributed by atoms with E-state index in [4.69, 9.17) is 4.74 Å². The van der Waals surface area contributed by atoms with E-state index in [-0.39, 0.29) is 35.0 Å². The fraction of sp³-hybridized carbons (Fsp3) is 0.231. The fourth-order valence-corrected chi connectivity index (χ4v) is 3.99. The fourth-order valence-electron chi connectivity index (χ4n) is 3.99. The van der Waals surface area contributed by atoms with Gasteiger partial charge in [0.25, 0.3) is 17.5 Å². The summed E-state index contributed by atoms with van der Waals surface area (Å²) < 4.78 is 18.8. The highest BCUT2D eigenvalue weighted by molar-refractivity contribution is 6.01. The first-order chi connectivity index (χ1) is 17.4. The van der Waals surface area contributed by atoms with E-state index < -0.39 is 16.7 Å². The molecule has 4 rings (SSSR count). The second-order valence-electron chi connectivity index (χ2n) is 8.33. The van der Waals surface area contributed by atoms with Gasteiger partial charge in [0.05, 0.1) is 10.5 Å². The first-order valence-electron chi connectivity index (χ1n) is 11.5. The lowest BCUT2D eigenvalue weighted by molar-refractivity contribution is -0.384. The maximum atomic E-state index is 13.1. The van der Waals surface area contributed by atoms with Gasteiger partial charge in [0.2, 0.25) is 0 Å². The summed E-state index contributed by atoms with van der Waals surface area (Å²) in [6.45, 7) is 1.57. The molecule has 36 heavy (non-hydrogen) atoms. The van der Waals surface area contributed by atoms with E-state index in [1.165, 1.54) is 30.3 Å². The van der Waals surface area contributed by atoms with Crippen LogP contribution >= 0.6 is 0 Å². The number of para-hydroxylation sites is 1. The number of rotatable bonds is 7. The van der Waals surface area contributed by atoms with Crippen LogP contribution < -0.4 is 20.5 Å². The van der Waals surface area contributed by atoms with Crippen LogP contribution in [0.3, 0.4) is 0 Å². The van der Waals surface area contributed by atoms with E-state index in [1.807, 2.05) is 4.90 Å². The Labute approximate surface area is 207 Å². The Hall–Kier alpha value is -4.47. The zero-order valence-corrected chi connectivity index (χ0v) is 19.4. The normalized spacial score (nSPS) is 13.1. The number of nitro benzene ring substituents is 1. The second kappa shape index (κ2) is 11.3. The number of hydrazine groups is 1. The van der Waals surface area contributed by atoms with Crippen molar-refractivity contribution in [3.05, 3.63) is 99.4 Å². The molecule has 9 nitrogen and oxygen atoms in total. The number of amides is 2. The predicted octanol–water partition coefficient (Wildman–Crippen LogP) is 4.38. The predicted molar refractivity (Wildman–Crippen MR) is 131 cm³/mol. The highest BCUT2D eigenvalue weighted by Crippen LogP contribution is 2.31. The van der Waals surface area contributed by atoms with Crippen LogP contribution in [0.1, 0.15) is 45.5 Å². The summed E-state index contributed by atoms with van der Waals surface area (Å²) in [4.78, 5) is 38.5. The Balaban J connectivity index is 1.41. The molecule has 0 aliphatic carbocycles. The second-order valence-corrected chi connectivity index (χ2v) is 8.33. The van der Waals surface area contributed by atoms with Crippen LogP contribution in [-0.2, 0) is 6.61 Å². The third kappa shape index (κ3) is 5.96. The third-order valence-electron chi connectivity index (χ3n) is 5.86. The highest BCUT2D eigenvalue weighted by atomic mass is 19.1. The van der Waals surface area contributed by atoms with Gasteiger partial charge >= 0.3 is 0 Å². The summed E-state index contributed by atoms with van der Waals surface area (Å²) >= 11 is 0. The quantitative estimate of drug-likeness (QED) is 0.374. The number of halogens is 1. The molecule has 0 bridgehead atoms.